The summed E-state index contributed by atoms with van der Waals surface area (Å²) in [6.45, 7) is 2.61. The second-order valence-corrected chi connectivity index (χ2v) is 4.27. The summed E-state index contributed by atoms with van der Waals surface area (Å²) in [6.07, 6.45) is 0. The average Bonchev–Trinajstić information content (AvgIpc) is 2.01. The summed E-state index contributed by atoms with van der Waals surface area (Å²) in [5, 5.41) is 0. The fourth-order valence-electron chi connectivity index (χ4n) is 0.787. The number of hydrogen-bond acceptors (Lipinski definition) is 1. The van der Waals surface area contributed by atoms with Gasteiger partial charge in [0.25, 0.3) is 0 Å². The minimum atomic E-state index is 0.662. The van der Waals surface area contributed by atoms with Gasteiger partial charge in [-0.05, 0) is 50.9 Å². The molecule has 0 saturated carbocycles. The molecule has 0 spiro atoms. The summed E-state index contributed by atoms with van der Waals surface area (Å²) < 4.78 is 7.09. The van der Waals surface area contributed by atoms with Crippen molar-refractivity contribution < 1.29 is 4.74 Å². The molecule has 1 nitrogen and oxygen atoms in total. The lowest BCUT2D eigenvalue weighted by atomic mass is 10.3. The molecule has 0 amide bonds. The molecule has 0 aliphatic rings. The van der Waals surface area contributed by atoms with Crippen molar-refractivity contribution in [3.05, 3.63) is 21.1 Å². The summed E-state index contributed by atoms with van der Waals surface area (Å²) in [5.41, 5.74) is 0. The van der Waals surface area contributed by atoms with Gasteiger partial charge >= 0.3 is 0 Å². The minimum Gasteiger partial charge on any atom is -0.494 e. The molecular weight excluding hydrogens is 304 g/mol. The van der Waals surface area contributed by atoms with Crippen LogP contribution in [-0.4, -0.2) is 6.61 Å². The summed E-state index contributed by atoms with van der Waals surface area (Å²) in [7, 11) is 0. The molecule has 0 aliphatic heterocycles. The van der Waals surface area contributed by atoms with Crippen molar-refractivity contribution in [3.63, 3.8) is 0 Å². The molecule has 0 unspecified atom stereocenters. The summed E-state index contributed by atoms with van der Waals surface area (Å²) in [4.78, 5) is 0.776. The third kappa shape index (κ3) is 2.34. The number of rotatable bonds is 2. The number of benzene rings is 1. The Morgan fingerprint density at radius 1 is 1.33 bits per heavy atom. The van der Waals surface area contributed by atoms with Crippen LogP contribution >= 0.6 is 44.5 Å². The highest BCUT2D eigenvalue weighted by Crippen LogP contribution is 2.33. The van der Waals surface area contributed by atoms with E-state index in [2.05, 4.69) is 31.9 Å². The van der Waals surface area contributed by atoms with Crippen LogP contribution in [0.15, 0.2) is 26.0 Å². The lowest BCUT2D eigenvalue weighted by molar-refractivity contribution is 0.339. The van der Waals surface area contributed by atoms with E-state index in [1.807, 2.05) is 19.1 Å². The van der Waals surface area contributed by atoms with Crippen molar-refractivity contribution in [3.8, 4) is 5.75 Å². The van der Waals surface area contributed by atoms with Crippen molar-refractivity contribution in [1.82, 2.24) is 0 Å². The zero-order valence-electron chi connectivity index (χ0n) is 6.43. The number of halogens is 2. The van der Waals surface area contributed by atoms with Gasteiger partial charge in [0.15, 0.2) is 0 Å². The van der Waals surface area contributed by atoms with Crippen molar-refractivity contribution in [2.24, 2.45) is 0 Å². The molecule has 1 aromatic rings. The Hall–Kier alpha value is 0.200. The third-order valence-corrected chi connectivity index (χ3v) is 3.50. The van der Waals surface area contributed by atoms with Gasteiger partial charge in [0.2, 0.25) is 0 Å². The normalized spacial score (nSPS) is 9.92. The highest BCUT2D eigenvalue weighted by atomic mass is 79.9. The first-order valence-corrected chi connectivity index (χ1v) is 5.43. The maximum absolute atomic E-state index is 5.32. The van der Waals surface area contributed by atoms with E-state index in [4.69, 9.17) is 17.4 Å². The molecule has 4 heteroatoms. The molecule has 0 bridgehead atoms. The SMILES string of the molecule is CCOc1cc(Br)c([S])c(Br)c1. The van der Waals surface area contributed by atoms with E-state index in [9.17, 15) is 0 Å². The van der Waals surface area contributed by atoms with Crippen molar-refractivity contribution >= 4 is 44.5 Å². The second kappa shape index (κ2) is 4.44. The van der Waals surface area contributed by atoms with Crippen molar-refractivity contribution in [2.75, 3.05) is 6.61 Å². The molecule has 65 valence electrons. The Morgan fingerprint density at radius 2 is 1.83 bits per heavy atom. The van der Waals surface area contributed by atoms with E-state index >= 15 is 0 Å². The van der Waals surface area contributed by atoms with Gasteiger partial charge in [0, 0.05) is 8.95 Å². The van der Waals surface area contributed by atoms with E-state index < -0.39 is 0 Å². The Morgan fingerprint density at radius 3 is 2.25 bits per heavy atom. The van der Waals surface area contributed by atoms with Crippen LogP contribution in [-0.2, 0) is 0 Å². The Bertz CT molecular complexity index is 265. The van der Waals surface area contributed by atoms with Crippen LogP contribution < -0.4 is 4.74 Å². The van der Waals surface area contributed by atoms with Gasteiger partial charge in [0.1, 0.15) is 5.75 Å². The molecule has 0 N–H and O–H groups in total. The molecule has 0 heterocycles. The quantitative estimate of drug-likeness (QED) is 0.796. The number of hydrogen-bond donors (Lipinski definition) is 0. The van der Waals surface area contributed by atoms with Crippen LogP contribution in [0.1, 0.15) is 6.92 Å². The molecule has 1 aromatic carbocycles. The van der Waals surface area contributed by atoms with Crippen LogP contribution in [0.5, 0.6) is 5.75 Å². The molecule has 0 fully saturated rings. The predicted molar refractivity (Wildman–Crippen MR) is 58.9 cm³/mol. The molecule has 0 aromatic heterocycles. The third-order valence-electron chi connectivity index (χ3n) is 1.28. The summed E-state index contributed by atoms with van der Waals surface area (Å²) in [5.74, 6) is 0.824. The van der Waals surface area contributed by atoms with E-state index in [0.717, 1.165) is 19.6 Å². The Labute approximate surface area is 94.2 Å². The van der Waals surface area contributed by atoms with Crippen LogP contribution in [0, 0.1) is 0 Å². The Kier molecular flexibility index (Phi) is 3.80. The average molecular weight is 311 g/mol. The summed E-state index contributed by atoms with van der Waals surface area (Å²) >= 11 is 11.8. The standard InChI is InChI=1S/C8H7Br2OS/c1-2-11-5-3-6(9)8(12)7(10)4-5/h3-4H,2H2,1H3. The molecule has 1 radical (unpaired) electrons. The van der Waals surface area contributed by atoms with Crippen LogP contribution in [0.4, 0.5) is 0 Å². The first-order valence-electron chi connectivity index (χ1n) is 3.44. The first kappa shape index (κ1) is 10.3. The number of ether oxygens (including phenoxy) is 1. The zero-order valence-corrected chi connectivity index (χ0v) is 10.4. The molecule has 1 rings (SSSR count). The van der Waals surface area contributed by atoms with Gasteiger partial charge < -0.3 is 4.74 Å². The Balaban J connectivity index is 3.04. The lowest BCUT2D eigenvalue weighted by Crippen LogP contribution is -1.91. The topological polar surface area (TPSA) is 9.23 Å². The highest BCUT2D eigenvalue weighted by Gasteiger charge is 2.04. The van der Waals surface area contributed by atoms with Crippen LogP contribution in [0.25, 0.3) is 0 Å². The van der Waals surface area contributed by atoms with E-state index in [0.29, 0.717) is 6.61 Å². The van der Waals surface area contributed by atoms with E-state index in [1.165, 1.54) is 0 Å². The van der Waals surface area contributed by atoms with E-state index in [1.54, 1.807) is 0 Å². The van der Waals surface area contributed by atoms with Gasteiger partial charge in [-0.25, -0.2) is 0 Å². The molecule has 0 aliphatic carbocycles. The van der Waals surface area contributed by atoms with Gasteiger partial charge in [-0.1, -0.05) is 12.6 Å². The predicted octanol–water partition coefficient (Wildman–Crippen LogP) is 4.17. The van der Waals surface area contributed by atoms with Crippen LogP contribution in [0.3, 0.4) is 0 Å². The molecule has 0 atom stereocenters. The maximum atomic E-state index is 5.32. The van der Waals surface area contributed by atoms with Crippen molar-refractivity contribution in [1.29, 1.82) is 0 Å². The highest BCUT2D eigenvalue weighted by molar-refractivity contribution is 9.11. The maximum Gasteiger partial charge on any atom is 0.121 e. The van der Waals surface area contributed by atoms with Crippen LogP contribution in [0.2, 0.25) is 0 Å². The van der Waals surface area contributed by atoms with Crippen molar-refractivity contribution in [2.45, 2.75) is 11.8 Å². The molecule has 0 saturated heterocycles. The summed E-state index contributed by atoms with van der Waals surface area (Å²) in [6, 6.07) is 3.74. The minimum absolute atomic E-state index is 0.662. The lowest BCUT2D eigenvalue weighted by Gasteiger charge is -2.05. The fraction of sp³-hybridized carbons (Fsp3) is 0.250. The van der Waals surface area contributed by atoms with Gasteiger partial charge in [-0.2, -0.15) is 0 Å². The van der Waals surface area contributed by atoms with E-state index in [-0.39, 0.29) is 0 Å². The first-order chi connectivity index (χ1) is 5.65. The largest absolute Gasteiger partial charge is 0.494 e. The van der Waals surface area contributed by atoms with Gasteiger partial charge in [0.05, 0.1) is 11.5 Å². The van der Waals surface area contributed by atoms with Gasteiger partial charge in [-0.15, -0.1) is 0 Å². The molecular formula is C8H7Br2OS. The second-order valence-electron chi connectivity index (χ2n) is 2.15. The monoisotopic (exact) mass is 309 g/mol. The molecule has 12 heavy (non-hydrogen) atoms. The smallest absolute Gasteiger partial charge is 0.121 e. The fourth-order valence-corrected chi connectivity index (χ4v) is 2.05. The zero-order chi connectivity index (χ0) is 9.14. The van der Waals surface area contributed by atoms with Gasteiger partial charge in [-0.3, -0.25) is 0 Å².